The predicted molar refractivity (Wildman–Crippen MR) is 89.9 cm³/mol. The molecule has 0 bridgehead atoms. The zero-order valence-electron chi connectivity index (χ0n) is 13.1. The molecule has 0 saturated carbocycles. The first-order valence-electron chi connectivity index (χ1n) is 7.55. The summed E-state index contributed by atoms with van der Waals surface area (Å²) in [6.45, 7) is 2.00. The number of nitrogens with zero attached hydrogens (tertiary/aromatic N) is 1. The van der Waals surface area contributed by atoms with E-state index in [1.807, 2.05) is 37.3 Å². The monoisotopic (exact) mass is 308 g/mol. The minimum absolute atomic E-state index is 0.239. The maximum absolute atomic E-state index is 13.7. The van der Waals surface area contributed by atoms with Crippen molar-refractivity contribution in [2.45, 2.75) is 13.3 Å². The van der Waals surface area contributed by atoms with Crippen LogP contribution in [0.2, 0.25) is 0 Å². The third kappa shape index (κ3) is 2.68. The highest BCUT2D eigenvalue weighted by Gasteiger charge is 2.20. The fraction of sp³-hybridized carbons (Fsp3) is 0.158. The number of rotatable bonds is 3. The van der Waals surface area contributed by atoms with E-state index in [2.05, 4.69) is 10.3 Å². The Morgan fingerprint density at radius 1 is 1.17 bits per heavy atom. The number of carbonyl (C=O) groups excluding carboxylic acids is 1. The molecule has 0 saturated heterocycles. The Balaban J connectivity index is 2.47. The summed E-state index contributed by atoms with van der Waals surface area (Å²) < 4.78 is 13.7. The highest BCUT2D eigenvalue weighted by Crippen LogP contribution is 2.32. The van der Waals surface area contributed by atoms with E-state index in [-0.39, 0.29) is 11.7 Å². The second-order valence-electron chi connectivity index (χ2n) is 5.27. The molecule has 0 aliphatic heterocycles. The van der Waals surface area contributed by atoms with Crippen molar-refractivity contribution >= 4 is 16.8 Å². The van der Waals surface area contributed by atoms with Gasteiger partial charge in [0.2, 0.25) is 0 Å². The van der Waals surface area contributed by atoms with Gasteiger partial charge in [-0.25, -0.2) is 4.39 Å². The molecular formula is C19H17FN2O. The quantitative estimate of drug-likeness (QED) is 0.795. The second-order valence-corrected chi connectivity index (χ2v) is 5.27. The molecule has 0 fully saturated rings. The SMILES string of the molecule is CCc1nc2ccc(F)cc2c(C(=O)NC)c1-c1ccccc1. The highest BCUT2D eigenvalue weighted by atomic mass is 19.1. The molecule has 3 rings (SSSR count). The van der Waals surface area contributed by atoms with Gasteiger partial charge in [0.1, 0.15) is 5.82 Å². The summed E-state index contributed by atoms with van der Waals surface area (Å²) in [6.07, 6.45) is 0.682. The third-order valence-corrected chi connectivity index (χ3v) is 3.87. The molecule has 0 aliphatic rings. The molecule has 0 aliphatic carbocycles. The van der Waals surface area contributed by atoms with Crippen molar-refractivity contribution in [3.8, 4) is 11.1 Å². The number of benzene rings is 2. The molecule has 4 heteroatoms. The molecule has 1 N–H and O–H groups in total. The molecule has 0 atom stereocenters. The van der Waals surface area contributed by atoms with Crippen molar-refractivity contribution in [3.63, 3.8) is 0 Å². The highest BCUT2D eigenvalue weighted by molar-refractivity contribution is 6.12. The summed E-state index contributed by atoms with van der Waals surface area (Å²) >= 11 is 0. The molecule has 1 aromatic heterocycles. The van der Waals surface area contributed by atoms with Crippen LogP contribution in [0.25, 0.3) is 22.0 Å². The molecule has 23 heavy (non-hydrogen) atoms. The first kappa shape index (κ1) is 15.2. The summed E-state index contributed by atoms with van der Waals surface area (Å²) in [5.41, 5.74) is 3.60. The molecule has 3 aromatic rings. The molecule has 116 valence electrons. The van der Waals surface area contributed by atoms with E-state index in [1.165, 1.54) is 12.1 Å². The van der Waals surface area contributed by atoms with Gasteiger partial charge in [-0.15, -0.1) is 0 Å². The Kier molecular flexibility index (Phi) is 4.06. The Morgan fingerprint density at radius 2 is 1.91 bits per heavy atom. The number of carbonyl (C=O) groups is 1. The van der Waals surface area contributed by atoms with Gasteiger partial charge in [-0.2, -0.15) is 0 Å². The van der Waals surface area contributed by atoms with Gasteiger partial charge in [0.05, 0.1) is 11.1 Å². The van der Waals surface area contributed by atoms with Gasteiger partial charge in [0, 0.05) is 23.7 Å². The number of amides is 1. The predicted octanol–water partition coefficient (Wildman–Crippen LogP) is 3.96. The maximum Gasteiger partial charge on any atom is 0.252 e. The molecule has 1 heterocycles. The molecule has 3 nitrogen and oxygen atoms in total. The largest absolute Gasteiger partial charge is 0.355 e. The van der Waals surface area contributed by atoms with Crippen LogP contribution in [0.4, 0.5) is 4.39 Å². The number of halogens is 1. The standard InChI is InChI=1S/C19H17FN2O/c1-3-15-17(12-7-5-4-6-8-12)18(19(23)21-2)14-11-13(20)9-10-16(14)22-15/h4-11H,3H2,1-2H3,(H,21,23). The fourth-order valence-electron chi connectivity index (χ4n) is 2.82. The van der Waals surface area contributed by atoms with Crippen LogP contribution in [0.15, 0.2) is 48.5 Å². The van der Waals surface area contributed by atoms with E-state index in [0.29, 0.717) is 22.9 Å². The van der Waals surface area contributed by atoms with Crippen LogP contribution >= 0.6 is 0 Å². The minimum atomic E-state index is -0.382. The summed E-state index contributed by atoms with van der Waals surface area (Å²) in [5.74, 6) is -0.621. The van der Waals surface area contributed by atoms with Gasteiger partial charge >= 0.3 is 0 Å². The van der Waals surface area contributed by atoms with Gasteiger partial charge in [-0.05, 0) is 30.2 Å². The summed E-state index contributed by atoms with van der Waals surface area (Å²) in [7, 11) is 1.58. The second kappa shape index (κ2) is 6.16. The van der Waals surface area contributed by atoms with E-state index in [1.54, 1.807) is 13.1 Å². The van der Waals surface area contributed by atoms with Crippen LogP contribution in [-0.4, -0.2) is 17.9 Å². The van der Waals surface area contributed by atoms with Crippen molar-refractivity contribution in [3.05, 3.63) is 65.6 Å². The summed E-state index contributed by atoms with van der Waals surface area (Å²) in [6, 6.07) is 14.0. The first-order chi connectivity index (χ1) is 11.2. The number of pyridine rings is 1. The number of fused-ring (bicyclic) bond motifs is 1. The number of hydrogen-bond acceptors (Lipinski definition) is 2. The third-order valence-electron chi connectivity index (χ3n) is 3.87. The van der Waals surface area contributed by atoms with Crippen LogP contribution in [0.3, 0.4) is 0 Å². The van der Waals surface area contributed by atoms with Gasteiger partial charge in [0.15, 0.2) is 0 Å². The normalized spacial score (nSPS) is 10.7. The maximum atomic E-state index is 13.7. The fourth-order valence-corrected chi connectivity index (χ4v) is 2.82. The Hall–Kier alpha value is -2.75. The zero-order chi connectivity index (χ0) is 16.4. The van der Waals surface area contributed by atoms with Crippen LogP contribution in [0, 0.1) is 5.82 Å². The van der Waals surface area contributed by atoms with Crippen molar-refractivity contribution in [1.29, 1.82) is 0 Å². The number of nitrogens with one attached hydrogen (secondary N) is 1. The van der Waals surface area contributed by atoms with Crippen LogP contribution < -0.4 is 5.32 Å². The van der Waals surface area contributed by atoms with Crippen molar-refractivity contribution in [2.24, 2.45) is 0 Å². The molecule has 0 spiro atoms. The van der Waals surface area contributed by atoms with E-state index in [9.17, 15) is 9.18 Å². The van der Waals surface area contributed by atoms with Crippen LogP contribution in [-0.2, 0) is 6.42 Å². The lowest BCUT2D eigenvalue weighted by molar-refractivity contribution is 0.0965. The first-order valence-corrected chi connectivity index (χ1v) is 7.55. The molecule has 2 aromatic carbocycles. The molecule has 0 unspecified atom stereocenters. The van der Waals surface area contributed by atoms with Gasteiger partial charge < -0.3 is 5.32 Å². The van der Waals surface area contributed by atoms with Crippen molar-refractivity contribution in [2.75, 3.05) is 7.05 Å². The van der Waals surface area contributed by atoms with Crippen LogP contribution in [0.5, 0.6) is 0 Å². The summed E-state index contributed by atoms with van der Waals surface area (Å²) in [5, 5.41) is 3.19. The van der Waals surface area contributed by atoms with Crippen molar-refractivity contribution in [1.82, 2.24) is 10.3 Å². The Bertz CT molecular complexity index is 875. The molecule has 0 radical (unpaired) electrons. The average Bonchev–Trinajstić information content (AvgIpc) is 2.60. The number of aryl methyl sites for hydroxylation is 1. The lowest BCUT2D eigenvalue weighted by Crippen LogP contribution is -2.20. The van der Waals surface area contributed by atoms with E-state index in [4.69, 9.17) is 0 Å². The van der Waals surface area contributed by atoms with Gasteiger partial charge in [-0.1, -0.05) is 37.3 Å². The van der Waals surface area contributed by atoms with Crippen LogP contribution in [0.1, 0.15) is 23.0 Å². The smallest absolute Gasteiger partial charge is 0.252 e. The lowest BCUT2D eigenvalue weighted by atomic mass is 9.93. The average molecular weight is 308 g/mol. The topological polar surface area (TPSA) is 42.0 Å². The van der Waals surface area contributed by atoms with Gasteiger partial charge in [-0.3, -0.25) is 9.78 Å². The van der Waals surface area contributed by atoms with Crippen molar-refractivity contribution < 1.29 is 9.18 Å². The van der Waals surface area contributed by atoms with Gasteiger partial charge in [0.25, 0.3) is 5.91 Å². The van der Waals surface area contributed by atoms with E-state index >= 15 is 0 Å². The Labute approximate surface area is 134 Å². The minimum Gasteiger partial charge on any atom is -0.355 e. The summed E-state index contributed by atoms with van der Waals surface area (Å²) in [4.78, 5) is 17.2. The molecular weight excluding hydrogens is 291 g/mol. The zero-order valence-corrected chi connectivity index (χ0v) is 13.1. The van der Waals surface area contributed by atoms with E-state index in [0.717, 1.165) is 16.8 Å². The number of hydrogen-bond donors (Lipinski definition) is 1. The number of aromatic nitrogens is 1. The lowest BCUT2D eigenvalue weighted by Gasteiger charge is -2.16. The molecule has 1 amide bonds. The Morgan fingerprint density at radius 3 is 2.57 bits per heavy atom. The van der Waals surface area contributed by atoms with E-state index < -0.39 is 0 Å².